The summed E-state index contributed by atoms with van der Waals surface area (Å²) in [6, 6.07) is 14.1. The maximum atomic E-state index is 12.5. The largest absolute Gasteiger partial charge is 0.321 e. The van der Waals surface area contributed by atoms with E-state index in [0.717, 1.165) is 5.56 Å². The van der Waals surface area contributed by atoms with Crippen LogP contribution in [0.1, 0.15) is 10.4 Å². The molecule has 10 nitrogen and oxygen atoms in total. The number of nitrogens with zero attached hydrogens (tertiary/aromatic N) is 6. The van der Waals surface area contributed by atoms with Crippen molar-refractivity contribution in [2.24, 2.45) is 0 Å². The molecule has 25 heavy (non-hydrogen) atoms. The van der Waals surface area contributed by atoms with Crippen molar-refractivity contribution in [1.82, 2.24) is 41.2 Å². The van der Waals surface area contributed by atoms with Gasteiger partial charge in [-0.15, -0.1) is 20.4 Å². The van der Waals surface area contributed by atoms with Crippen LogP contribution >= 0.6 is 0 Å². The summed E-state index contributed by atoms with van der Waals surface area (Å²) in [6.45, 7) is 0. The third-order valence-corrected chi connectivity index (χ3v) is 3.51. The summed E-state index contributed by atoms with van der Waals surface area (Å²) >= 11 is 0. The van der Waals surface area contributed by atoms with Gasteiger partial charge in [-0.3, -0.25) is 4.79 Å². The highest BCUT2D eigenvalue weighted by atomic mass is 16.1. The third kappa shape index (κ3) is 2.95. The summed E-state index contributed by atoms with van der Waals surface area (Å²) in [4.78, 5) is 12.5. The molecule has 4 rings (SSSR count). The lowest BCUT2D eigenvalue weighted by Gasteiger charge is -2.09. The van der Waals surface area contributed by atoms with E-state index < -0.39 is 0 Å². The molecule has 0 radical (unpaired) electrons. The van der Waals surface area contributed by atoms with Crippen LogP contribution in [-0.4, -0.2) is 47.2 Å². The van der Waals surface area contributed by atoms with Crippen LogP contribution in [0, 0.1) is 0 Å². The first-order valence-corrected chi connectivity index (χ1v) is 7.29. The smallest absolute Gasteiger partial charge is 0.255 e. The molecule has 2 aromatic carbocycles. The molecule has 4 aromatic rings. The van der Waals surface area contributed by atoms with Crippen molar-refractivity contribution in [2.75, 3.05) is 5.32 Å². The fraction of sp³-hybridized carbons (Fsp3) is 0. The zero-order chi connectivity index (χ0) is 17.1. The van der Waals surface area contributed by atoms with Gasteiger partial charge in [0.15, 0.2) is 0 Å². The molecule has 3 N–H and O–H groups in total. The van der Waals surface area contributed by atoms with Crippen LogP contribution in [0.5, 0.6) is 0 Å². The molecule has 1 amide bonds. The molecule has 0 aliphatic carbocycles. The van der Waals surface area contributed by atoms with Gasteiger partial charge < -0.3 is 5.32 Å². The number of H-pyrrole nitrogens is 2. The Kier molecular flexibility index (Phi) is 3.67. The second-order valence-corrected chi connectivity index (χ2v) is 5.05. The van der Waals surface area contributed by atoms with Crippen molar-refractivity contribution >= 4 is 11.6 Å². The Bertz CT molecular complexity index is 978. The summed E-state index contributed by atoms with van der Waals surface area (Å²) in [7, 11) is 0. The van der Waals surface area contributed by atoms with Crippen molar-refractivity contribution in [3.05, 3.63) is 54.1 Å². The molecule has 0 bridgehead atoms. The summed E-state index contributed by atoms with van der Waals surface area (Å²) < 4.78 is 0. The Morgan fingerprint density at radius 1 is 0.840 bits per heavy atom. The quantitative estimate of drug-likeness (QED) is 0.511. The fourth-order valence-electron chi connectivity index (χ4n) is 2.31. The summed E-state index contributed by atoms with van der Waals surface area (Å²) in [5.41, 5.74) is 2.52. The molecular formula is C15H11N9O. The Balaban J connectivity index is 1.57. The highest BCUT2D eigenvalue weighted by Crippen LogP contribution is 2.24. The number of rotatable bonds is 4. The van der Waals surface area contributed by atoms with Crippen LogP contribution in [0.2, 0.25) is 0 Å². The lowest BCUT2D eigenvalue weighted by atomic mass is 10.1. The minimum Gasteiger partial charge on any atom is -0.321 e. The maximum Gasteiger partial charge on any atom is 0.255 e. The van der Waals surface area contributed by atoms with E-state index in [1.54, 1.807) is 36.4 Å². The highest BCUT2D eigenvalue weighted by Gasteiger charge is 2.13. The van der Waals surface area contributed by atoms with Crippen LogP contribution in [0.4, 0.5) is 5.69 Å². The van der Waals surface area contributed by atoms with Gasteiger partial charge in [-0.2, -0.15) is 10.4 Å². The molecule has 0 saturated heterocycles. The molecule has 2 aromatic heterocycles. The number of tetrazole rings is 2. The number of hydrogen-bond donors (Lipinski definition) is 3. The molecule has 0 aliphatic rings. The van der Waals surface area contributed by atoms with Gasteiger partial charge in [-0.25, -0.2) is 0 Å². The second-order valence-electron chi connectivity index (χ2n) is 5.05. The first-order valence-electron chi connectivity index (χ1n) is 7.29. The van der Waals surface area contributed by atoms with Crippen LogP contribution < -0.4 is 5.32 Å². The summed E-state index contributed by atoms with van der Waals surface area (Å²) in [6.07, 6.45) is 0. The van der Waals surface area contributed by atoms with Crippen LogP contribution in [0.25, 0.3) is 22.8 Å². The molecule has 0 fully saturated rings. The molecule has 10 heteroatoms. The van der Waals surface area contributed by atoms with E-state index in [0.29, 0.717) is 28.5 Å². The van der Waals surface area contributed by atoms with E-state index in [4.69, 9.17) is 0 Å². The van der Waals surface area contributed by atoms with Crippen molar-refractivity contribution in [1.29, 1.82) is 0 Å². The van der Waals surface area contributed by atoms with Gasteiger partial charge in [-0.1, -0.05) is 24.3 Å². The Morgan fingerprint density at radius 2 is 1.52 bits per heavy atom. The van der Waals surface area contributed by atoms with Crippen LogP contribution in [-0.2, 0) is 0 Å². The Morgan fingerprint density at radius 3 is 2.20 bits per heavy atom. The van der Waals surface area contributed by atoms with Crippen LogP contribution in [0.15, 0.2) is 48.5 Å². The van der Waals surface area contributed by atoms with E-state index in [9.17, 15) is 4.79 Å². The predicted molar refractivity (Wildman–Crippen MR) is 87.2 cm³/mol. The summed E-state index contributed by atoms with van der Waals surface area (Å²) in [5.74, 6) is 0.619. The monoisotopic (exact) mass is 333 g/mol. The van der Waals surface area contributed by atoms with Crippen molar-refractivity contribution in [3.8, 4) is 22.8 Å². The summed E-state index contributed by atoms with van der Waals surface area (Å²) in [5, 5.41) is 30.4. The minimum atomic E-state index is -0.254. The number of nitrogens with one attached hydrogen (secondary N) is 3. The first-order chi connectivity index (χ1) is 12.3. The number of carbonyl (C=O) groups excluding carboxylic acids is 1. The van der Waals surface area contributed by atoms with Crippen LogP contribution in [0.3, 0.4) is 0 Å². The number of carbonyl (C=O) groups is 1. The number of hydrogen-bond acceptors (Lipinski definition) is 7. The highest BCUT2D eigenvalue weighted by molar-refractivity contribution is 6.06. The zero-order valence-electron chi connectivity index (χ0n) is 12.7. The van der Waals surface area contributed by atoms with Gasteiger partial charge in [0.1, 0.15) is 0 Å². The molecule has 122 valence electrons. The van der Waals surface area contributed by atoms with Gasteiger partial charge in [0, 0.05) is 16.7 Å². The number of aromatic nitrogens is 8. The van der Waals surface area contributed by atoms with Gasteiger partial charge >= 0.3 is 0 Å². The normalized spacial score (nSPS) is 10.6. The number of anilines is 1. The lowest BCUT2D eigenvalue weighted by molar-refractivity contribution is 0.102. The molecule has 0 saturated carbocycles. The topological polar surface area (TPSA) is 138 Å². The Hall–Kier alpha value is -3.95. The maximum absolute atomic E-state index is 12.5. The van der Waals surface area contributed by atoms with Crippen molar-refractivity contribution in [2.45, 2.75) is 0 Å². The molecule has 0 aliphatic heterocycles. The van der Waals surface area contributed by atoms with E-state index in [1.165, 1.54) is 0 Å². The molecule has 2 heterocycles. The minimum absolute atomic E-state index is 0.254. The zero-order valence-corrected chi connectivity index (χ0v) is 12.7. The molecular weight excluding hydrogens is 322 g/mol. The van der Waals surface area contributed by atoms with Gasteiger partial charge in [0.2, 0.25) is 11.6 Å². The number of para-hydroxylation sites is 1. The molecule has 0 atom stereocenters. The second kappa shape index (κ2) is 6.28. The molecule has 0 unspecified atom stereocenters. The van der Waals surface area contributed by atoms with Crippen molar-refractivity contribution < 1.29 is 4.79 Å². The standard InChI is InChI=1S/C15H11N9O/c25-15(10-7-5-9(6-8-10)13-17-21-22-18-13)16-12-4-2-1-3-11(12)14-19-23-24-20-14/h1-8H,(H,16,25)(H,17,18,21,22)(H,19,20,23,24). The SMILES string of the molecule is O=C(Nc1ccccc1-c1nn[nH]n1)c1ccc(-c2nn[nH]n2)cc1. The van der Waals surface area contributed by atoms with Gasteiger partial charge in [0.25, 0.3) is 5.91 Å². The lowest BCUT2D eigenvalue weighted by Crippen LogP contribution is -2.12. The van der Waals surface area contributed by atoms with E-state index in [2.05, 4.69) is 46.6 Å². The van der Waals surface area contributed by atoms with E-state index in [-0.39, 0.29) is 5.91 Å². The van der Waals surface area contributed by atoms with E-state index >= 15 is 0 Å². The van der Waals surface area contributed by atoms with E-state index in [1.807, 2.05) is 12.1 Å². The average Bonchev–Trinajstić information content (AvgIpc) is 3.36. The van der Waals surface area contributed by atoms with Gasteiger partial charge in [-0.05, 0) is 34.7 Å². The number of amides is 1. The Labute approximate surface area is 140 Å². The number of benzene rings is 2. The first kappa shape index (κ1) is 14.6. The molecule has 0 spiro atoms. The third-order valence-electron chi connectivity index (χ3n) is 3.51. The average molecular weight is 333 g/mol. The van der Waals surface area contributed by atoms with Crippen molar-refractivity contribution in [3.63, 3.8) is 0 Å². The fourth-order valence-corrected chi connectivity index (χ4v) is 2.31. The van der Waals surface area contributed by atoms with Gasteiger partial charge in [0.05, 0.1) is 5.69 Å². The number of aromatic amines is 2. The predicted octanol–water partition coefficient (Wildman–Crippen LogP) is 1.30.